The summed E-state index contributed by atoms with van der Waals surface area (Å²) >= 11 is 1.83. The predicted octanol–water partition coefficient (Wildman–Crippen LogP) is 2.04. The zero-order valence-electron chi connectivity index (χ0n) is 13.4. The molecule has 3 N–H and O–H groups in total. The zero-order chi connectivity index (χ0) is 15.3. The number of hydrogen-bond acceptors (Lipinski definition) is 5. The zero-order valence-corrected chi connectivity index (χ0v) is 14.2. The van der Waals surface area contributed by atoms with Gasteiger partial charge in [0.15, 0.2) is 0 Å². The van der Waals surface area contributed by atoms with E-state index >= 15 is 0 Å². The summed E-state index contributed by atoms with van der Waals surface area (Å²) in [6.45, 7) is 4.46. The Hall–Kier alpha value is 0.190. The van der Waals surface area contributed by atoms with Crippen LogP contribution in [0.4, 0.5) is 0 Å². The Morgan fingerprint density at radius 2 is 2.10 bits per heavy atom. The average Bonchev–Trinajstić information content (AvgIpc) is 2.52. The second-order valence-electron chi connectivity index (χ2n) is 5.87. The van der Waals surface area contributed by atoms with E-state index in [9.17, 15) is 5.11 Å². The molecule has 0 aromatic rings. The quantitative estimate of drug-likeness (QED) is 0.481. The van der Waals surface area contributed by atoms with Crippen LogP contribution in [0.1, 0.15) is 45.4 Å². The van der Waals surface area contributed by atoms with Crippen molar-refractivity contribution >= 4 is 11.8 Å². The third-order valence-electron chi connectivity index (χ3n) is 4.12. The van der Waals surface area contributed by atoms with Crippen molar-refractivity contribution in [1.82, 2.24) is 5.32 Å². The number of hydrogen-bond donors (Lipinski definition) is 3. The van der Waals surface area contributed by atoms with Gasteiger partial charge in [0.05, 0.1) is 18.8 Å². The predicted molar refractivity (Wildman–Crippen MR) is 89.9 cm³/mol. The second kappa shape index (κ2) is 12.7. The SMILES string of the molecule is CCC1CCCCC1OCC(O)CNCCSCCCO. The minimum absolute atomic E-state index is 0.274. The summed E-state index contributed by atoms with van der Waals surface area (Å²) < 4.78 is 5.94. The van der Waals surface area contributed by atoms with Crippen LogP contribution in [0.3, 0.4) is 0 Å². The Kier molecular flexibility index (Phi) is 11.6. The van der Waals surface area contributed by atoms with E-state index in [1.54, 1.807) is 0 Å². The van der Waals surface area contributed by atoms with Crippen LogP contribution in [-0.2, 0) is 4.74 Å². The van der Waals surface area contributed by atoms with Gasteiger partial charge >= 0.3 is 0 Å². The Bertz CT molecular complexity index is 244. The largest absolute Gasteiger partial charge is 0.396 e. The molecule has 1 aliphatic carbocycles. The molecule has 1 fully saturated rings. The molecule has 0 aliphatic heterocycles. The first kappa shape index (κ1) is 19.2. The summed E-state index contributed by atoms with van der Waals surface area (Å²) in [5.41, 5.74) is 0. The van der Waals surface area contributed by atoms with Gasteiger partial charge in [0.25, 0.3) is 0 Å². The van der Waals surface area contributed by atoms with Gasteiger partial charge in [-0.1, -0.05) is 26.2 Å². The minimum Gasteiger partial charge on any atom is -0.396 e. The molecule has 3 unspecified atom stereocenters. The minimum atomic E-state index is -0.410. The van der Waals surface area contributed by atoms with Crippen molar-refractivity contribution in [1.29, 1.82) is 0 Å². The molecule has 1 saturated carbocycles. The lowest BCUT2D eigenvalue weighted by molar-refractivity contribution is -0.0497. The van der Waals surface area contributed by atoms with E-state index in [1.807, 2.05) is 11.8 Å². The molecule has 0 spiro atoms. The highest BCUT2D eigenvalue weighted by Crippen LogP contribution is 2.29. The normalized spacial score (nSPS) is 24.1. The number of aliphatic hydroxyl groups excluding tert-OH is 2. The van der Waals surface area contributed by atoms with Crippen molar-refractivity contribution < 1.29 is 14.9 Å². The smallest absolute Gasteiger partial charge is 0.0897 e. The van der Waals surface area contributed by atoms with E-state index < -0.39 is 6.10 Å². The van der Waals surface area contributed by atoms with Gasteiger partial charge in [0.1, 0.15) is 0 Å². The Morgan fingerprint density at radius 3 is 2.86 bits per heavy atom. The third kappa shape index (κ3) is 9.04. The summed E-state index contributed by atoms with van der Waals surface area (Å²) in [6.07, 6.45) is 7.02. The number of ether oxygens (including phenoxy) is 1. The van der Waals surface area contributed by atoms with Gasteiger partial charge in [-0.25, -0.2) is 0 Å². The van der Waals surface area contributed by atoms with Gasteiger partial charge in [-0.15, -0.1) is 0 Å². The fourth-order valence-electron chi connectivity index (χ4n) is 2.84. The van der Waals surface area contributed by atoms with Crippen molar-refractivity contribution in [3.8, 4) is 0 Å². The lowest BCUT2D eigenvalue weighted by atomic mass is 9.85. The highest BCUT2D eigenvalue weighted by atomic mass is 32.2. The van der Waals surface area contributed by atoms with Crippen LogP contribution in [-0.4, -0.2) is 60.2 Å². The molecule has 1 rings (SSSR count). The average molecular weight is 320 g/mol. The second-order valence-corrected chi connectivity index (χ2v) is 7.10. The van der Waals surface area contributed by atoms with Gasteiger partial charge in [-0.05, 0) is 30.9 Å². The fraction of sp³-hybridized carbons (Fsp3) is 1.00. The highest BCUT2D eigenvalue weighted by Gasteiger charge is 2.24. The van der Waals surface area contributed by atoms with Crippen LogP contribution >= 0.6 is 11.8 Å². The number of aliphatic hydroxyl groups is 2. The fourth-order valence-corrected chi connectivity index (χ4v) is 3.66. The molecule has 0 radical (unpaired) electrons. The van der Waals surface area contributed by atoms with Gasteiger partial charge in [-0.3, -0.25) is 0 Å². The van der Waals surface area contributed by atoms with E-state index in [0.717, 1.165) is 30.9 Å². The van der Waals surface area contributed by atoms with Crippen LogP contribution in [0.5, 0.6) is 0 Å². The molecule has 5 heteroatoms. The summed E-state index contributed by atoms with van der Waals surface area (Å²) in [5, 5.41) is 21.9. The molecule has 126 valence electrons. The molecule has 0 aromatic heterocycles. The maximum absolute atomic E-state index is 9.95. The summed E-state index contributed by atoms with van der Waals surface area (Å²) in [4.78, 5) is 0. The van der Waals surface area contributed by atoms with Crippen LogP contribution in [0.25, 0.3) is 0 Å². The maximum Gasteiger partial charge on any atom is 0.0897 e. The van der Waals surface area contributed by atoms with Gasteiger partial charge in [-0.2, -0.15) is 11.8 Å². The van der Waals surface area contributed by atoms with E-state index in [0.29, 0.717) is 25.2 Å². The maximum atomic E-state index is 9.95. The van der Waals surface area contributed by atoms with Crippen LogP contribution < -0.4 is 5.32 Å². The standard InChI is InChI=1S/C16H33NO3S/c1-2-14-6-3-4-7-16(14)20-13-15(19)12-17-8-11-21-10-5-9-18/h14-19H,2-13H2,1H3. The van der Waals surface area contributed by atoms with Crippen molar-refractivity contribution in [2.75, 3.05) is 37.8 Å². The molecular formula is C16H33NO3S. The van der Waals surface area contributed by atoms with Crippen LogP contribution in [0, 0.1) is 5.92 Å². The monoisotopic (exact) mass is 319 g/mol. The van der Waals surface area contributed by atoms with E-state index in [-0.39, 0.29) is 6.61 Å². The van der Waals surface area contributed by atoms with Gasteiger partial charge in [0.2, 0.25) is 0 Å². The molecule has 1 aliphatic rings. The van der Waals surface area contributed by atoms with E-state index in [4.69, 9.17) is 9.84 Å². The number of thioether (sulfide) groups is 1. The number of rotatable bonds is 12. The molecule has 21 heavy (non-hydrogen) atoms. The number of nitrogens with one attached hydrogen (secondary N) is 1. The molecule has 3 atom stereocenters. The highest BCUT2D eigenvalue weighted by molar-refractivity contribution is 7.99. The van der Waals surface area contributed by atoms with Crippen molar-refractivity contribution in [3.63, 3.8) is 0 Å². The molecule has 4 nitrogen and oxygen atoms in total. The molecule has 0 amide bonds. The van der Waals surface area contributed by atoms with Crippen molar-refractivity contribution in [2.24, 2.45) is 5.92 Å². The first-order valence-electron chi connectivity index (χ1n) is 8.46. The van der Waals surface area contributed by atoms with E-state index in [2.05, 4.69) is 12.2 Å². The lowest BCUT2D eigenvalue weighted by Crippen LogP contribution is -2.35. The summed E-state index contributed by atoms with van der Waals surface area (Å²) in [6, 6.07) is 0. The first-order valence-corrected chi connectivity index (χ1v) is 9.62. The van der Waals surface area contributed by atoms with Crippen LogP contribution in [0.2, 0.25) is 0 Å². The molecule has 0 bridgehead atoms. The molecule has 0 heterocycles. The molecular weight excluding hydrogens is 286 g/mol. The van der Waals surface area contributed by atoms with Gasteiger partial charge < -0.3 is 20.3 Å². The Labute approximate surface area is 134 Å². The van der Waals surface area contributed by atoms with Crippen molar-refractivity contribution in [2.45, 2.75) is 57.7 Å². The lowest BCUT2D eigenvalue weighted by Gasteiger charge is -2.31. The first-order chi connectivity index (χ1) is 10.3. The Morgan fingerprint density at radius 1 is 1.29 bits per heavy atom. The van der Waals surface area contributed by atoms with E-state index in [1.165, 1.54) is 25.7 Å². The Balaban J connectivity index is 1.99. The topological polar surface area (TPSA) is 61.7 Å². The summed E-state index contributed by atoms with van der Waals surface area (Å²) in [5.74, 6) is 2.71. The third-order valence-corrected chi connectivity index (χ3v) is 5.19. The van der Waals surface area contributed by atoms with Gasteiger partial charge in [0, 0.05) is 25.4 Å². The summed E-state index contributed by atoms with van der Waals surface area (Å²) in [7, 11) is 0. The molecule has 0 aromatic carbocycles. The molecule has 0 saturated heterocycles. The van der Waals surface area contributed by atoms with Crippen molar-refractivity contribution in [3.05, 3.63) is 0 Å². The van der Waals surface area contributed by atoms with Crippen LogP contribution in [0.15, 0.2) is 0 Å².